The van der Waals surface area contributed by atoms with Gasteiger partial charge in [-0.1, -0.05) is 60.7 Å². The second kappa shape index (κ2) is 12.0. The Kier molecular flexibility index (Phi) is 9.11. The summed E-state index contributed by atoms with van der Waals surface area (Å²) in [5, 5.41) is 7.87. The zero-order valence-corrected chi connectivity index (χ0v) is 21.1. The second-order valence-corrected chi connectivity index (χ2v) is 7.89. The molecule has 1 aliphatic heterocycles. The Bertz CT molecular complexity index is 937. The molecule has 0 radical (unpaired) electrons. The van der Waals surface area contributed by atoms with Gasteiger partial charge in [-0.3, -0.25) is 9.67 Å². The molecule has 32 heavy (non-hydrogen) atoms. The lowest BCUT2D eigenvalue weighted by Gasteiger charge is -2.35. The fraction of sp³-hybridized carbons (Fsp3) is 0.360. The predicted octanol–water partition coefficient (Wildman–Crippen LogP) is 4.21. The summed E-state index contributed by atoms with van der Waals surface area (Å²) in [6.45, 7) is 3.12. The van der Waals surface area contributed by atoms with Crippen LogP contribution in [0.1, 0.15) is 35.1 Å². The van der Waals surface area contributed by atoms with Crippen molar-refractivity contribution in [2.45, 2.75) is 18.4 Å². The van der Waals surface area contributed by atoms with Crippen molar-refractivity contribution in [3.63, 3.8) is 0 Å². The van der Waals surface area contributed by atoms with Crippen LogP contribution in [0.2, 0.25) is 0 Å². The van der Waals surface area contributed by atoms with Gasteiger partial charge in [-0.25, -0.2) is 0 Å². The van der Waals surface area contributed by atoms with Crippen LogP contribution in [0, 0.1) is 0 Å². The molecule has 1 unspecified atom stereocenters. The summed E-state index contributed by atoms with van der Waals surface area (Å²) < 4.78 is 7.80. The largest absolute Gasteiger partial charge is 0.370 e. The number of nitrogens with one attached hydrogen (secondary N) is 1. The number of hydrogen-bond donors (Lipinski definition) is 1. The fourth-order valence-corrected chi connectivity index (χ4v) is 4.21. The van der Waals surface area contributed by atoms with Crippen molar-refractivity contribution >= 4 is 29.9 Å². The molecule has 0 amide bonds. The number of guanidine groups is 1. The summed E-state index contributed by atoms with van der Waals surface area (Å²) in [6, 6.07) is 21.5. The van der Waals surface area contributed by atoms with Crippen LogP contribution in [0.4, 0.5) is 0 Å². The highest BCUT2D eigenvalue weighted by Crippen LogP contribution is 2.27. The molecule has 1 aliphatic rings. The van der Waals surface area contributed by atoms with Gasteiger partial charge in [0.15, 0.2) is 5.96 Å². The quantitative estimate of drug-likeness (QED) is 0.287. The van der Waals surface area contributed by atoms with Crippen LogP contribution in [-0.4, -0.2) is 53.9 Å². The average Bonchev–Trinajstić information content (AvgIpc) is 3.27. The number of nitrogens with zero attached hydrogens (tertiary/aromatic N) is 4. The SMILES string of the molecule is CN=C(NCCC(c1ccccc1)c1ccccc1)N1CCOC(c2cnn(C)c2)C1.I. The average molecular weight is 545 g/mol. The molecule has 1 atom stereocenters. The Morgan fingerprint density at radius 2 is 1.78 bits per heavy atom. The molecule has 0 aliphatic carbocycles. The van der Waals surface area contributed by atoms with E-state index >= 15 is 0 Å². The Balaban J connectivity index is 0.00000289. The van der Waals surface area contributed by atoms with Crippen molar-refractivity contribution in [2.75, 3.05) is 33.3 Å². The highest BCUT2D eigenvalue weighted by atomic mass is 127. The van der Waals surface area contributed by atoms with Crippen molar-refractivity contribution in [3.8, 4) is 0 Å². The molecule has 3 aromatic rings. The van der Waals surface area contributed by atoms with Crippen LogP contribution >= 0.6 is 24.0 Å². The first-order valence-electron chi connectivity index (χ1n) is 10.9. The normalized spacial score (nSPS) is 16.7. The van der Waals surface area contributed by atoms with E-state index in [1.54, 1.807) is 0 Å². The number of aryl methyl sites for hydroxylation is 1. The standard InChI is InChI=1S/C25H31N5O.HI/c1-26-25(30-15-16-31-24(19-30)22-17-28-29(2)18-22)27-14-13-23(20-9-5-3-6-10-20)21-11-7-4-8-12-21;/h3-12,17-18,23-24H,13-16,19H2,1-2H3,(H,26,27);1H. The smallest absolute Gasteiger partial charge is 0.193 e. The maximum Gasteiger partial charge on any atom is 0.193 e. The summed E-state index contributed by atoms with van der Waals surface area (Å²) in [4.78, 5) is 6.82. The Labute approximate surface area is 207 Å². The molecular weight excluding hydrogens is 513 g/mol. The number of rotatable bonds is 6. The van der Waals surface area contributed by atoms with Crippen molar-refractivity contribution in [1.29, 1.82) is 0 Å². The molecule has 170 valence electrons. The lowest BCUT2D eigenvalue weighted by atomic mass is 9.88. The number of benzene rings is 2. The van der Waals surface area contributed by atoms with Gasteiger partial charge in [-0.15, -0.1) is 24.0 Å². The maximum absolute atomic E-state index is 5.98. The number of aliphatic imine (C=N–C) groups is 1. The second-order valence-electron chi connectivity index (χ2n) is 7.89. The van der Waals surface area contributed by atoms with E-state index < -0.39 is 0 Å². The first-order valence-corrected chi connectivity index (χ1v) is 10.9. The molecule has 6 nitrogen and oxygen atoms in total. The van der Waals surface area contributed by atoms with E-state index in [9.17, 15) is 0 Å². The van der Waals surface area contributed by atoms with E-state index in [1.165, 1.54) is 11.1 Å². The first-order chi connectivity index (χ1) is 15.2. The van der Waals surface area contributed by atoms with Gasteiger partial charge in [0.05, 0.1) is 19.3 Å². The third-order valence-electron chi connectivity index (χ3n) is 5.79. The van der Waals surface area contributed by atoms with Crippen molar-refractivity contribution in [3.05, 3.63) is 89.7 Å². The summed E-state index contributed by atoms with van der Waals surface area (Å²) in [5.74, 6) is 1.28. The van der Waals surface area contributed by atoms with Crippen molar-refractivity contribution < 1.29 is 4.74 Å². The van der Waals surface area contributed by atoms with E-state index in [0.717, 1.165) is 37.6 Å². The summed E-state index contributed by atoms with van der Waals surface area (Å²) in [7, 11) is 3.78. The molecule has 1 N–H and O–H groups in total. The Morgan fingerprint density at radius 3 is 2.34 bits per heavy atom. The summed E-state index contributed by atoms with van der Waals surface area (Å²) >= 11 is 0. The number of halogens is 1. The predicted molar refractivity (Wildman–Crippen MR) is 140 cm³/mol. The van der Waals surface area contributed by atoms with Crippen LogP contribution in [0.5, 0.6) is 0 Å². The van der Waals surface area contributed by atoms with Gasteiger partial charge < -0.3 is 15.0 Å². The lowest BCUT2D eigenvalue weighted by molar-refractivity contribution is -0.00802. The maximum atomic E-state index is 5.98. The van der Waals surface area contributed by atoms with Gasteiger partial charge in [-0.2, -0.15) is 5.10 Å². The van der Waals surface area contributed by atoms with Gasteiger partial charge in [0, 0.05) is 44.9 Å². The van der Waals surface area contributed by atoms with Gasteiger partial charge >= 0.3 is 0 Å². The third-order valence-corrected chi connectivity index (χ3v) is 5.79. The van der Waals surface area contributed by atoms with Crippen molar-refractivity contribution in [2.24, 2.45) is 12.0 Å². The number of ether oxygens (including phenoxy) is 1. The van der Waals surface area contributed by atoms with E-state index in [2.05, 4.69) is 81.0 Å². The lowest BCUT2D eigenvalue weighted by Crippen LogP contribution is -2.48. The molecule has 2 aromatic carbocycles. The third kappa shape index (κ3) is 6.10. The summed E-state index contributed by atoms with van der Waals surface area (Å²) in [6.07, 6.45) is 4.91. The fourth-order valence-electron chi connectivity index (χ4n) is 4.21. The first kappa shape index (κ1) is 24.3. The Hall–Kier alpha value is -2.39. The van der Waals surface area contributed by atoms with Gasteiger partial charge in [-0.05, 0) is 17.5 Å². The van der Waals surface area contributed by atoms with E-state index in [0.29, 0.717) is 12.5 Å². The summed E-state index contributed by atoms with van der Waals surface area (Å²) in [5.41, 5.74) is 3.79. The van der Waals surface area contributed by atoms with Crippen LogP contribution in [0.15, 0.2) is 78.0 Å². The van der Waals surface area contributed by atoms with Gasteiger partial charge in [0.2, 0.25) is 0 Å². The van der Waals surface area contributed by atoms with Gasteiger partial charge in [0.25, 0.3) is 0 Å². The molecule has 1 fully saturated rings. The highest BCUT2D eigenvalue weighted by molar-refractivity contribution is 14.0. The van der Waals surface area contributed by atoms with E-state index in [-0.39, 0.29) is 30.1 Å². The van der Waals surface area contributed by atoms with Crippen molar-refractivity contribution in [1.82, 2.24) is 20.0 Å². The number of aromatic nitrogens is 2. The molecule has 1 saturated heterocycles. The van der Waals surface area contributed by atoms with Crippen LogP contribution in [-0.2, 0) is 11.8 Å². The van der Waals surface area contributed by atoms with Gasteiger partial charge in [0.1, 0.15) is 6.10 Å². The van der Waals surface area contributed by atoms with Crippen LogP contribution < -0.4 is 5.32 Å². The molecule has 0 saturated carbocycles. The topological polar surface area (TPSA) is 54.7 Å². The molecule has 1 aromatic heterocycles. The van der Waals surface area contributed by atoms with Crippen LogP contribution in [0.3, 0.4) is 0 Å². The number of hydrogen-bond acceptors (Lipinski definition) is 3. The Morgan fingerprint density at radius 1 is 1.12 bits per heavy atom. The highest BCUT2D eigenvalue weighted by Gasteiger charge is 2.25. The molecule has 2 heterocycles. The van der Waals surface area contributed by atoms with E-state index in [1.807, 2.05) is 31.2 Å². The number of morpholine rings is 1. The zero-order valence-electron chi connectivity index (χ0n) is 18.7. The molecule has 0 spiro atoms. The molecule has 0 bridgehead atoms. The van der Waals surface area contributed by atoms with E-state index in [4.69, 9.17) is 4.74 Å². The minimum atomic E-state index is 0. The van der Waals surface area contributed by atoms with Crippen LogP contribution in [0.25, 0.3) is 0 Å². The molecule has 4 rings (SSSR count). The molecular formula is C25H32IN5O. The minimum absolute atomic E-state index is 0. The minimum Gasteiger partial charge on any atom is -0.370 e. The monoisotopic (exact) mass is 545 g/mol. The zero-order chi connectivity index (χ0) is 21.5. The molecule has 7 heteroatoms.